The number of hydrogen-bond acceptors (Lipinski definition) is 5. The number of carbonyl (C=O) groups excluding carboxylic acids is 2. The molecular weight excluding hydrogens is 304 g/mol. The number of likely N-dealkylation sites (N-methyl/N-ethyl adjacent to an activating group) is 1. The van der Waals surface area contributed by atoms with E-state index in [2.05, 4.69) is 20.5 Å². The van der Waals surface area contributed by atoms with Gasteiger partial charge in [0.05, 0.1) is 0 Å². The van der Waals surface area contributed by atoms with Crippen LogP contribution in [0.5, 0.6) is 0 Å². The maximum Gasteiger partial charge on any atom is 0.255 e. The standard InChI is InChI=1S/C18H22N4O2/c1-13(23)14-5-4-6-16(11-14)21-18(24)15-7-8-19-17(12-15)20-9-10-22(2)3/h4-8,11-12H,9-10H2,1-3H3,(H,19,20)(H,21,24). The monoisotopic (exact) mass is 326 g/mol. The van der Waals surface area contributed by atoms with Crippen LogP contribution in [0.2, 0.25) is 0 Å². The number of rotatable bonds is 7. The first-order chi connectivity index (χ1) is 11.5. The Morgan fingerprint density at radius 3 is 2.62 bits per heavy atom. The molecule has 1 amide bonds. The second-order valence-electron chi connectivity index (χ2n) is 5.75. The van der Waals surface area contributed by atoms with Crippen LogP contribution in [-0.4, -0.2) is 48.8 Å². The number of benzene rings is 1. The lowest BCUT2D eigenvalue weighted by molar-refractivity contribution is 0.101. The molecule has 0 fully saturated rings. The van der Waals surface area contributed by atoms with Gasteiger partial charge < -0.3 is 15.5 Å². The maximum absolute atomic E-state index is 12.4. The number of ketones is 1. The number of Topliss-reactive ketones (excluding diaryl/α,β-unsaturated/α-hetero) is 1. The van der Waals surface area contributed by atoms with E-state index in [1.54, 1.807) is 42.6 Å². The number of anilines is 2. The number of aromatic nitrogens is 1. The van der Waals surface area contributed by atoms with Crippen molar-refractivity contribution in [2.45, 2.75) is 6.92 Å². The smallest absolute Gasteiger partial charge is 0.255 e. The van der Waals surface area contributed by atoms with Crippen molar-refractivity contribution in [2.24, 2.45) is 0 Å². The van der Waals surface area contributed by atoms with Crippen molar-refractivity contribution in [1.82, 2.24) is 9.88 Å². The second-order valence-corrected chi connectivity index (χ2v) is 5.75. The predicted octanol–water partition coefficient (Wildman–Crippen LogP) is 2.51. The molecule has 0 unspecified atom stereocenters. The van der Waals surface area contributed by atoms with E-state index in [1.807, 2.05) is 14.1 Å². The van der Waals surface area contributed by atoms with Crippen LogP contribution in [0.4, 0.5) is 11.5 Å². The lowest BCUT2D eigenvalue weighted by Crippen LogP contribution is -2.21. The van der Waals surface area contributed by atoms with Crippen molar-refractivity contribution in [2.75, 3.05) is 37.8 Å². The number of carbonyl (C=O) groups is 2. The molecule has 6 nitrogen and oxygen atoms in total. The summed E-state index contributed by atoms with van der Waals surface area (Å²) < 4.78 is 0. The van der Waals surface area contributed by atoms with E-state index in [0.717, 1.165) is 13.1 Å². The molecule has 2 rings (SSSR count). The Hall–Kier alpha value is -2.73. The minimum Gasteiger partial charge on any atom is -0.369 e. The van der Waals surface area contributed by atoms with Gasteiger partial charge in [0.1, 0.15) is 5.82 Å². The molecular formula is C18H22N4O2. The zero-order valence-corrected chi connectivity index (χ0v) is 14.2. The molecule has 0 saturated heterocycles. The van der Waals surface area contributed by atoms with Crippen molar-refractivity contribution >= 4 is 23.2 Å². The fourth-order valence-corrected chi connectivity index (χ4v) is 2.10. The number of nitrogens with one attached hydrogen (secondary N) is 2. The Morgan fingerprint density at radius 1 is 1.12 bits per heavy atom. The summed E-state index contributed by atoms with van der Waals surface area (Å²) in [6.07, 6.45) is 1.60. The van der Waals surface area contributed by atoms with Crippen LogP contribution >= 0.6 is 0 Å². The Balaban J connectivity index is 2.04. The van der Waals surface area contributed by atoms with Crippen LogP contribution in [0.3, 0.4) is 0 Å². The molecule has 1 heterocycles. The second kappa shape index (κ2) is 8.21. The molecule has 0 aliphatic rings. The summed E-state index contributed by atoms with van der Waals surface area (Å²) in [7, 11) is 3.99. The van der Waals surface area contributed by atoms with E-state index in [0.29, 0.717) is 22.6 Å². The van der Waals surface area contributed by atoms with Crippen LogP contribution in [0, 0.1) is 0 Å². The Labute approximate surface area is 141 Å². The van der Waals surface area contributed by atoms with Gasteiger partial charge in [-0.05, 0) is 45.3 Å². The van der Waals surface area contributed by atoms with Crippen molar-refractivity contribution in [3.8, 4) is 0 Å². The van der Waals surface area contributed by atoms with Crippen molar-refractivity contribution < 1.29 is 9.59 Å². The normalized spacial score (nSPS) is 10.5. The van der Waals surface area contributed by atoms with Gasteiger partial charge >= 0.3 is 0 Å². The first-order valence-electron chi connectivity index (χ1n) is 7.72. The van der Waals surface area contributed by atoms with E-state index in [9.17, 15) is 9.59 Å². The Kier molecular flexibility index (Phi) is 6.03. The average Bonchev–Trinajstić information content (AvgIpc) is 2.55. The van der Waals surface area contributed by atoms with Crippen molar-refractivity contribution in [1.29, 1.82) is 0 Å². The van der Waals surface area contributed by atoms with Crippen molar-refractivity contribution in [3.63, 3.8) is 0 Å². The lowest BCUT2D eigenvalue weighted by atomic mass is 10.1. The zero-order chi connectivity index (χ0) is 17.5. The van der Waals surface area contributed by atoms with Gasteiger partial charge in [0.25, 0.3) is 5.91 Å². The van der Waals surface area contributed by atoms with Crippen LogP contribution < -0.4 is 10.6 Å². The molecule has 0 aliphatic carbocycles. The minimum absolute atomic E-state index is 0.0395. The molecule has 2 aromatic rings. The lowest BCUT2D eigenvalue weighted by Gasteiger charge is -2.11. The number of nitrogens with zero attached hydrogens (tertiary/aromatic N) is 2. The summed E-state index contributed by atoms with van der Waals surface area (Å²) in [6, 6.07) is 10.2. The number of amides is 1. The van der Waals surface area contributed by atoms with E-state index < -0.39 is 0 Å². The quantitative estimate of drug-likeness (QED) is 0.765. The predicted molar refractivity (Wildman–Crippen MR) is 95.7 cm³/mol. The fourth-order valence-electron chi connectivity index (χ4n) is 2.10. The fraction of sp³-hybridized carbons (Fsp3) is 0.278. The third-order valence-corrected chi connectivity index (χ3v) is 3.41. The third kappa shape index (κ3) is 5.17. The minimum atomic E-state index is -0.242. The largest absolute Gasteiger partial charge is 0.369 e. The summed E-state index contributed by atoms with van der Waals surface area (Å²) in [5.74, 6) is 0.373. The molecule has 0 saturated carbocycles. The van der Waals surface area contributed by atoms with Gasteiger partial charge in [-0.1, -0.05) is 12.1 Å². The van der Waals surface area contributed by atoms with E-state index in [4.69, 9.17) is 0 Å². The molecule has 1 aromatic heterocycles. The molecule has 2 N–H and O–H groups in total. The summed E-state index contributed by atoms with van der Waals surface area (Å²) in [4.78, 5) is 30.1. The van der Waals surface area contributed by atoms with Gasteiger partial charge in [0.2, 0.25) is 0 Å². The van der Waals surface area contributed by atoms with Crippen LogP contribution in [0.1, 0.15) is 27.6 Å². The molecule has 0 aliphatic heterocycles. The summed E-state index contributed by atoms with van der Waals surface area (Å²) >= 11 is 0. The first kappa shape index (κ1) is 17.6. The van der Waals surface area contributed by atoms with Gasteiger partial charge in [0.15, 0.2) is 5.78 Å². The van der Waals surface area contributed by atoms with Gasteiger partial charge in [-0.15, -0.1) is 0 Å². The molecule has 0 atom stereocenters. The molecule has 126 valence electrons. The van der Waals surface area contributed by atoms with E-state index in [1.165, 1.54) is 6.92 Å². The highest BCUT2D eigenvalue weighted by Gasteiger charge is 2.09. The van der Waals surface area contributed by atoms with Gasteiger partial charge in [-0.2, -0.15) is 0 Å². The highest BCUT2D eigenvalue weighted by atomic mass is 16.1. The summed E-state index contributed by atoms with van der Waals surface area (Å²) in [6.45, 7) is 3.11. The van der Waals surface area contributed by atoms with E-state index >= 15 is 0 Å². The highest BCUT2D eigenvalue weighted by molar-refractivity contribution is 6.05. The van der Waals surface area contributed by atoms with Crippen molar-refractivity contribution in [3.05, 3.63) is 53.7 Å². The van der Waals surface area contributed by atoms with Gasteiger partial charge in [-0.3, -0.25) is 9.59 Å². The molecule has 0 bridgehead atoms. The van der Waals surface area contributed by atoms with E-state index in [-0.39, 0.29) is 11.7 Å². The highest BCUT2D eigenvalue weighted by Crippen LogP contribution is 2.14. The first-order valence-corrected chi connectivity index (χ1v) is 7.72. The molecule has 0 radical (unpaired) electrons. The van der Waals surface area contributed by atoms with Gasteiger partial charge in [-0.25, -0.2) is 4.98 Å². The Morgan fingerprint density at radius 2 is 1.92 bits per heavy atom. The van der Waals surface area contributed by atoms with Gasteiger partial charge in [0, 0.05) is 36.1 Å². The molecule has 24 heavy (non-hydrogen) atoms. The number of pyridine rings is 1. The average molecular weight is 326 g/mol. The Bertz CT molecular complexity index is 728. The van der Waals surface area contributed by atoms with Crippen LogP contribution in [-0.2, 0) is 0 Å². The topological polar surface area (TPSA) is 74.3 Å². The zero-order valence-electron chi connectivity index (χ0n) is 14.2. The third-order valence-electron chi connectivity index (χ3n) is 3.41. The summed E-state index contributed by atoms with van der Waals surface area (Å²) in [5.41, 5.74) is 1.66. The maximum atomic E-state index is 12.4. The number of hydrogen-bond donors (Lipinski definition) is 2. The molecule has 6 heteroatoms. The molecule has 1 aromatic carbocycles. The van der Waals surface area contributed by atoms with Crippen LogP contribution in [0.25, 0.3) is 0 Å². The summed E-state index contributed by atoms with van der Waals surface area (Å²) in [5, 5.41) is 5.98. The SMILES string of the molecule is CC(=O)c1cccc(NC(=O)c2ccnc(NCCN(C)C)c2)c1. The van der Waals surface area contributed by atoms with Crippen LogP contribution in [0.15, 0.2) is 42.6 Å². The molecule has 0 spiro atoms.